The molecule has 0 saturated carbocycles. The van der Waals surface area contributed by atoms with Gasteiger partial charge in [0.05, 0.1) is 5.84 Å². The van der Waals surface area contributed by atoms with Gasteiger partial charge < -0.3 is 15.5 Å². The Kier molecular flexibility index (Phi) is 18.7. The van der Waals surface area contributed by atoms with E-state index in [2.05, 4.69) is 12.2 Å². The number of amidine groups is 1. The number of unbranched alkanes of at least 4 members (excludes halogenated alkanes) is 9. The van der Waals surface area contributed by atoms with E-state index in [9.17, 15) is 0 Å². The molecule has 0 spiro atoms. The molecule has 0 aromatic heterocycles. The zero-order valence-corrected chi connectivity index (χ0v) is 13.1. The van der Waals surface area contributed by atoms with Crippen LogP contribution in [0.2, 0.25) is 0 Å². The summed E-state index contributed by atoms with van der Waals surface area (Å²) >= 11 is 0. The molecule has 5 heteroatoms. The predicted octanol–water partition coefficient (Wildman–Crippen LogP) is 4.72. The highest BCUT2D eigenvalue weighted by Crippen LogP contribution is 2.10. The Labute approximate surface area is 123 Å². The fourth-order valence-electron chi connectivity index (χ4n) is 1.89. The molecule has 0 aliphatic rings. The van der Waals surface area contributed by atoms with Crippen molar-refractivity contribution in [3.05, 3.63) is 0 Å². The molecule has 120 valence electrons. The van der Waals surface area contributed by atoms with Gasteiger partial charge in [0.2, 0.25) is 0 Å². The van der Waals surface area contributed by atoms with Crippen LogP contribution in [0.25, 0.3) is 0 Å². The van der Waals surface area contributed by atoms with Crippen LogP contribution in [0, 0.1) is 5.41 Å². The summed E-state index contributed by atoms with van der Waals surface area (Å²) in [6.45, 7) is 5.05. The van der Waals surface area contributed by atoms with Crippen LogP contribution in [0.3, 0.4) is 0 Å². The first-order chi connectivity index (χ1) is 9.50. The van der Waals surface area contributed by atoms with Gasteiger partial charge in [-0.15, -0.1) is 0 Å². The zero-order valence-electron chi connectivity index (χ0n) is 13.1. The second-order valence-electron chi connectivity index (χ2n) is 5.02. The maximum atomic E-state index is 8.56. The van der Waals surface area contributed by atoms with Crippen LogP contribution in [-0.2, 0) is 0 Å². The van der Waals surface area contributed by atoms with E-state index < -0.39 is 6.16 Å². The Morgan fingerprint density at radius 3 is 1.60 bits per heavy atom. The van der Waals surface area contributed by atoms with Crippen molar-refractivity contribution in [2.45, 2.75) is 78.1 Å². The lowest BCUT2D eigenvalue weighted by Crippen LogP contribution is -2.19. The molecule has 0 radical (unpaired) electrons. The van der Waals surface area contributed by atoms with Crippen molar-refractivity contribution in [3.8, 4) is 0 Å². The SMILES string of the molecule is CCCCCCCCCCCCNC(C)=N.O=C(O)O. The van der Waals surface area contributed by atoms with E-state index in [0.29, 0.717) is 5.84 Å². The van der Waals surface area contributed by atoms with Gasteiger partial charge in [-0.05, 0) is 13.3 Å². The van der Waals surface area contributed by atoms with E-state index in [0.717, 1.165) is 6.54 Å². The first-order valence-electron chi connectivity index (χ1n) is 7.71. The number of carbonyl (C=O) groups is 1. The van der Waals surface area contributed by atoms with Crippen molar-refractivity contribution >= 4 is 12.0 Å². The molecule has 0 aliphatic carbocycles. The lowest BCUT2D eigenvalue weighted by molar-refractivity contribution is 0.137. The molecule has 0 fully saturated rings. The Balaban J connectivity index is 0. The summed E-state index contributed by atoms with van der Waals surface area (Å²) in [4.78, 5) is 8.56. The number of carboxylic acid groups (broad SMARTS) is 2. The highest BCUT2D eigenvalue weighted by Gasteiger charge is 1.92. The smallest absolute Gasteiger partial charge is 0.450 e. The highest BCUT2D eigenvalue weighted by molar-refractivity contribution is 5.75. The second-order valence-corrected chi connectivity index (χ2v) is 5.02. The van der Waals surface area contributed by atoms with Crippen molar-refractivity contribution in [2.75, 3.05) is 6.54 Å². The maximum absolute atomic E-state index is 8.56. The standard InChI is InChI=1S/C14H30N2.CH2O3/c1-3-4-5-6-7-8-9-10-11-12-13-16-14(2)15;2-1(3)4/h3-13H2,1-2H3,(H2,15,16);(H2,2,3,4). The number of hydrogen-bond acceptors (Lipinski definition) is 2. The second kappa shape index (κ2) is 17.7. The first kappa shape index (κ1) is 21.0. The summed E-state index contributed by atoms with van der Waals surface area (Å²) in [7, 11) is 0. The van der Waals surface area contributed by atoms with Gasteiger partial charge in [0, 0.05) is 6.54 Å². The van der Waals surface area contributed by atoms with Gasteiger partial charge >= 0.3 is 6.16 Å². The Bertz CT molecular complexity index is 229. The molecule has 0 unspecified atom stereocenters. The van der Waals surface area contributed by atoms with Crippen LogP contribution < -0.4 is 5.32 Å². The van der Waals surface area contributed by atoms with Crippen molar-refractivity contribution in [3.63, 3.8) is 0 Å². The lowest BCUT2D eigenvalue weighted by Gasteiger charge is -2.04. The predicted molar refractivity (Wildman–Crippen MR) is 83.9 cm³/mol. The van der Waals surface area contributed by atoms with Crippen molar-refractivity contribution in [1.82, 2.24) is 5.32 Å². The third kappa shape index (κ3) is 30.1. The fourth-order valence-corrected chi connectivity index (χ4v) is 1.89. The molecule has 20 heavy (non-hydrogen) atoms. The zero-order chi connectivity index (χ0) is 15.6. The fraction of sp³-hybridized carbons (Fsp3) is 0.867. The topological polar surface area (TPSA) is 93.4 Å². The van der Waals surface area contributed by atoms with Gasteiger partial charge in [0.15, 0.2) is 0 Å². The quantitative estimate of drug-likeness (QED) is 0.251. The summed E-state index contributed by atoms with van der Waals surface area (Å²) in [5.74, 6) is 0.593. The van der Waals surface area contributed by atoms with Crippen LogP contribution in [0.4, 0.5) is 4.79 Å². The van der Waals surface area contributed by atoms with Crippen molar-refractivity contribution in [2.24, 2.45) is 0 Å². The molecule has 4 N–H and O–H groups in total. The maximum Gasteiger partial charge on any atom is 0.503 e. The average Bonchev–Trinajstić information content (AvgIpc) is 2.35. The van der Waals surface area contributed by atoms with Gasteiger partial charge in [-0.25, -0.2) is 4.79 Å². The molecule has 0 amide bonds. The summed E-state index contributed by atoms with van der Waals surface area (Å²) in [6.07, 6.45) is 11.9. The van der Waals surface area contributed by atoms with Crippen LogP contribution in [0.5, 0.6) is 0 Å². The third-order valence-corrected chi connectivity index (χ3v) is 2.92. The molecule has 5 nitrogen and oxygen atoms in total. The van der Waals surface area contributed by atoms with Crippen molar-refractivity contribution in [1.29, 1.82) is 5.41 Å². The van der Waals surface area contributed by atoms with E-state index in [1.54, 1.807) is 6.92 Å². The third-order valence-electron chi connectivity index (χ3n) is 2.92. The molecule has 0 aromatic rings. The summed E-state index contributed by atoms with van der Waals surface area (Å²) < 4.78 is 0. The van der Waals surface area contributed by atoms with Gasteiger partial charge in [0.1, 0.15) is 0 Å². The number of nitrogens with one attached hydrogen (secondary N) is 2. The van der Waals surface area contributed by atoms with Gasteiger partial charge in [-0.2, -0.15) is 0 Å². The highest BCUT2D eigenvalue weighted by atomic mass is 16.6. The van der Waals surface area contributed by atoms with E-state index >= 15 is 0 Å². The minimum Gasteiger partial charge on any atom is -0.450 e. The van der Waals surface area contributed by atoms with E-state index in [1.165, 1.54) is 64.2 Å². The minimum atomic E-state index is -1.83. The number of hydrogen-bond donors (Lipinski definition) is 4. The normalized spacial score (nSPS) is 9.50. The molecule has 0 aromatic carbocycles. The first-order valence-corrected chi connectivity index (χ1v) is 7.71. The van der Waals surface area contributed by atoms with Gasteiger partial charge in [-0.3, -0.25) is 5.41 Å². The van der Waals surface area contributed by atoms with E-state index in [-0.39, 0.29) is 0 Å². The van der Waals surface area contributed by atoms with Crippen LogP contribution >= 0.6 is 0 Å². The van der Waals surface area contributed by atoms with Crippen LogP contribution in [0.1, 0.15) is 78.1 Å². The Morgan fingerprint density at radius 2 is 1.25 bits per heavy atom. The van der Waals surface area contributed by atoms with Crippen molar-refractivity contribution < 1.29 is 15.0 Å². The van der Waals surface area contributed by atoms with Crippen LogP contribution in [0.15, 0.2) is 0 Å². The molecule has 0 atom stereocenters. The Hall–Kier alpha value is -1.26. The summed E-state index contributed by atoms with van der Waals surface area (Å²) in [5.41, 5.74) is 0. The lowest BCUT2D eigenvalue weighted by atomic mass is 10.1. The Morgan fingerprint density at radius 1 is 0.900 bits per heavy atom. The molecule has 0 aliphatic heterocycles. The average molecular weight is 288 g/mol. The van der Waals surface area contributed by atoms with Gasteiger partial charge in [0.25, 0.3) is 0 Å². The molecular formula is C15H32N2O3. The van der Waals surface area contributed by atoms with E-state index in [4.69, 9.17) is 20.4 Å². The largest absolute Gasteiger partial charge is 0.503 e. The molecule has 0 saturated heterocycles. The monoisotopic (exact) mass is 288 g/mol. The van der Waals surface area contributed by atoms with Crippen LogP contribution in [-0.4, -0.2) is 28.7 Å². The van der Waals surface area contributed by atoms with E-state index in [1.807, 2.05) is 0 Å². The molecule has 0 heterocycles. The molecule has 0 rings (SSSR count). The molecule has 0 bridgehead atoms. The summed E-state index contributed by atoms with van der Waals surface area (Å²) in [5, 5.41) is 24.2. The minimum absolute atomic E-state index is 0.593. The summed E-state index contributed by atoms with van der Waals surface area (Å²) in [6, 6.07) is 0. The van der Waals surface area contributed by atoms with Gasteiger partial charge in [-0.1, -0.05) is 64.7 Å². The molecular weight excluding hydrogens is 256 g/mol. The number of rotatable bonds is 11.